The highest BCUT2D eigenvalue weighted by Crippen LogP contribution is 2.39. The summed E-state index contributed by atoms with van der Waals surface area (Å²) in [5.74, 6) is 6.09. The highest BCUT2D eigenvalue weighted by Gasteiger charge is 2.16. The van der Waals surface area contributed by atoms with Crippen LogP contribution in [-0.2, 0) is 0 Å². The van der Waals surface area contributed by atoms with Crippen molar-refractivity contribution >= 4 is 43.4 Å². The second-order valence-electron chi connectivity index (χ2n) is 3.48. The molecule has 0 atom stereocenters. The number of hydrogen-bond acceptors (Lipinski definition) is 7. The van der Waals surface area contributed by atoms with Crippen molar-refractivity contribution < 1.29 is 9.66 Å². The Morgan fingerprint density at radius 3 is 2.50 bits per heavy atom. The molecule has 0 unspecified atom stereocenters. The summed E-state index contributed by atoms with van der Waals surface area (Å²) in [6, 6.07) is 2.66. The molecule has 8 nitrogen and oxygen atoms in total. The number of nitrogen functional groups attached to an aromatic ring is 1. The van der Waals surface area contributed by atoms with Gasteiger partial charge in [-0.3, -0.25) is 15.1 Å². The Morgan fingerprint density at radius 2 is 1.95 bits per heavy atom. The average Bonchev–Trinajstić information content (AvgIpc) is 2.42. The van der Waals surface area contributed by atoms with Gasteiger partial charge in [0.2, 0.25) is 5.88 Å². The van der Waals surface area contributed by atoms with Crippen molar-refractivity contribution in [1.29, 1.82) is 0 Å². The van der Waals surface area contributed by atoms with E-state index < -0.39 is 4.92 Å². The maximum absolute atomic E-state index is 10.7. The Bertz CT molecular complexity index is 644. The first-order chi connectivity index (χ1) is 9.51. The maximum Gasteiger partial charge on any atom is 0.271 e. The summed E-state index contributed by atoms with van der Waals surface area (Å²) >= 11 is 6.42. The summed E-state index contributed by atoms with van der Waals surface area (Å²) < 4.78 is 6.35. The Morgan fingerprint density at radius 1 is 1.30 bits per heavy atom. The van der Waals surface area contributed by atoms with Crippen molar-refractivity contribution in [3.05, 3.63) is 43.6 Å². The molecule has 104 valence electrons. The number of non-ortho nitro benzene ring substituents is 1. The standard InChI is InChI=1S/C10H7Br2N5O3/c11-6-1-5(17(18)19)2-7(12)10(6)20-9-4-14-3-8(15-9)16-13/h1-4H,13H2,(H,15,16). The van der Waals surface area contributed by atoms with E-state index in [1.54, 1.807) is 0 Å². The molecule has 1 aromatic heterocycles. The molecule has 3 N–H and O–H groups in total. The van der Waals surface area contributed by atoms with Gasteiger partial charge in [-0.15, -0.1) is 0 Å². The maximum atomic E-state index is 10.7. The third-order valence-corrected chi connectivity index (χ3v) is 3.34. The molecule has 0 bridgehead atoms. The highest BCUT2D eigenvalue weighted by molar-refractivity contribution is 9.11. The van der Waals surface area contributed by atoms with Gasteiger partial charge in [-0.1, -0.05) is 0 Å². The van der Waals surface area contributed by atoms with E-state index in [0.29, 0.717) is 20.5 Å². The number of nitrogens with one attached hydrogen (secondary N) is 1. The van der Waals surface area contributed by atoms with Crippen LogP contribution in [0.25, 0.3) is 0 Å². The molecule has 2 aromatic rings. The molecule has 10 heteroatoms. The van der Waals surface area contributed by atoms with Crippen LogP contribution in [0.2, 0.25) is 0 Å². The minimum atomic E-state index is -0.502. The van der Waals surface area contributed by atoms with Crippen LogP contribution in [0.15, 0.2) is 33.5 Å². The van der Waals surface area contributed by atoms with Gasteiger partial charge in [0.1, 0.15) is 0 Å². The van der Waals surface area contributed by atoms with Crippen LogP contribution < -0.4 is 16.0 Å². The SMILES string of the molecule is NNc1cncc(Oc2c(Br)cc([N+](=O)[O-])cc2Br)n1. The van der Waals surface area contributed by atoms with Crippen LogP contribution in [0, 0.1) is 10.1 Å². The number of nitrogens with two attached hydrogens (primary N) is 1. The molecular formula is C10H7Br2N5O3. The number of nitro groups is 1. The second kappa shape index (κ2) is 6.11. The minimum absolute atomic E-state index is 0.0699. The van der Waals surface area contributed by atoms with E-state index in [2.05, 4.69) is 47.3 Å². The number of nitrogens with zero attached hydrogens (tertiary/aromatic N) is 3. The van der Waals surface area contributed by atoms with Crippen LogP contribution >= 0.6 is 31.9 Å². The summed E-state index contributed by atoms with van der Waals surface area (Å²) in [6.45, 7) is 0. The molecule has 0 radical (unpaired) electrons. The quantitative estimate of drug-likeness (QED) is 0.457. The lowest BCUT2D eigenvalue weighted by molar-refractivity contribution is -0.385. The average molecular weight is 405 g/mol. The van der Waals surface area contributed by atoms with Crippen LogP contribution in [-0.4, -0.2) is 14.9 Å². The zero-order valence-corrected chi connectivity index (χ0v) is 12.9. The van der Waals surface area contributed by atoms with Crippen molar-refractivity contribution in [3.8, 4) is 11.6 Å². The number of benzene rings is 1. The predicted molar refractivity (Wildman–Crippen MR) is 78.4 cm³/mol. The van der Waals surface area contributed by atoms with Gasteiger partial charge < -0.3 is 10.2 Å². The number of halogens is 2. The van der Waals surface area contributed by atoms with E-state index in [9.17, 15) is 10.1 Å². The van der Waals surface area contributed by atoms with E-state index >= 15 is 0 Å². The lowest BCUT2D eigenvalue weighted by atomic mass is 10.3. The Hall–Kier alpha value is -1.78. The van der Waals surface area contributed by atoms with Crippen molar-refractivity contribution in [2.24, 2.45) is 5.84 Å². The molecule has 0 aliphatic rings. The molecule has 1 aromatic carbocycles. The predicted octanol–water partition coefficient (Wildman–Crippen LogP) is 2.99. The summed E-state index contributed by atoms with van der Waals surface area (Å²) in [7, 11) is 0. The second-order valence-corrected chi connectivity index (χ2v) is 5.19. The summed E-state index contributed by atoms with van der Waals surface area (Å²) in [4.78, 5) is 18.2. The first kappa shape index (κ1) is 14.6. The Kier molecular flexibility index (Phi) is 4.47. The van der Waals surface area contributed by atoms with Gasteiger partial charge in [0.15, 0.2) is 11.6 Å². The molecule has 0 aliphatic heterocycles. The van der Waals surface area contributed by atoms with Gasteiger partial charge in [0.05, 0.1) is 26.3 Å². The number of aromatic nitrogens is 2. The van der Waals surface area contributed by atoms with Crippen molar-refractivity contribution in [2.75, 3.05) is 5.43 Å². The van der Waals surface area contributed by atoms with Crippen LogP contribution in [0.5, 0.6) is 11.6 Å². The van der Waals surface area contributed by atoms with E-state index in [1.807, 2.05) is 0 Å². The fraction of sp³-hybridized carbons (Fsp3) is 0. The number of nitro benzene ring substituents is 1. The molecule has 2 rings (SSSR count). The van der Waals surface area contributed by atoms with Gasteiger partial charge in [0.25, 0.3) is 5.69 Å². The molecule has 0 fully saturated rings. The van der Waals surface area contributed by atoms with Crippen LogP contribution in [0.3, 0.4) is 0 Å². The largest absolute Gasteiger partial charge is 0.435 e. The lowest BCUT2D eigenvalue weighted by Crippen LogP contribution is -2.09. The van der Waals surface area contributed by atoms with Gasteiger partial charge in [-0.05, 0) is 31.9 Å². The number of hydrogen-bond donors (Lipinski definition) is 2. The first-order valence-corrected chi connectivity index (χ1v) is 6.70. The van der Waals surface area contributed by atoms with Crippen LogP contribution in [0.4, 0.5) is 11.5 Å². The number of rotatable bonds is 4. The zero-order valence-electron chi connectivity index (χ0n) is 9.71. The molecular weight excluding hydrogens is 398 g/mol. The fourth-order valence-electron chi connectivity index (χ4n) is 1.32. The van der Waals surface area contributed by atoms with E-state index in [1.165, 1.54) is 24.5 Å². The molecule has 20 heavy (non-hydrogen) atoms. The molecule has 0 amide bonds. The summed E-state index contributed by atoms with van der Waals surface area (Å²) in [5.41, 5.74) is 2.27. The smallest absolute Gasteiger partial charge is 0.271 e. The van der Waals surface area contributed by atoms with Crippen LogP contribution in [0.1, 0.15) is 0 Å². The highest BCUT2D eigenvalue weighted by atomic mass is 79.9. The fourth-order valence-corrected chi connectivity index (χ4v) is 2.64. The molecule has 0 saturated carbocycles. The van der Waals surface area contributed by atoms with Gasteiger partial charge in [-0.2, -0.15) is 4.98 Å². The van der Waals surface area contributed by atoms with Crippen molar-refractivity contribution in [2.45, 2.75) is 0 Å². The lowest BCUT2D eigenvalue weighted by Gasteiger charge is -2.09. The summed E-state index contributed by atoms with van der Waals surface area (Å²) in [6.07, 6.45) is 2.81. The summed E-state index contributed by atoms with van der Waals surface area (Å²) in [5, 5.41) is 10.7. The first-order valence-electron chi connectivity index (χ1n) is 5.11. The topological polar surface area (TPSA) is 116 Å². The van der Waals surface area contributed by atoms with E-state index in [0.717, 1.165) is 0 Å². The molecule has 0 aliphatic carbocycles. The normalized spacial score (nSPS) is 10.2. The van der Waals surface area contributed by atoms with Crippen molar-refractivity contribution in [3.63, 3.8) is 0 Å². The van der Waals surface area contributed by atoms with E-state index in [4.69, 9.17) is 10.6 Å². The third-order valence-electron chi connectivity index (χ3n) is 2.16. The third kappa shape index (κ3) is 3.21. The van der Waals surface area contributed by atoms with Gasteiger partial charge in [-0.25, -0.2) is 5.84 Å². The molecule has 0 saturated heterocycles. The van der Waals surface area contributed by atoms with Gasteiger partial charge in [0, 0.05) is 12.1 Å². The Balaban J connectivity index is 2.36. The number of hydrazine groups is 1. The van der Waals surface area contributed by atoms with Gasteiger partial charge >= 0.3 is 0 Å². The van der Waals surface area contributed by atoms with E-state index in [-0.39, 0.29) is 11.6 Å². The Labute approximate surface area is 129 Å². The number of ether oxygens (including phenoxy) is 1. The molecule has 0 spiro atoms. The monoisotopic (exact) mass is 403 g/mol. The molecule has 1 heterocycles. The minimum Gasteiger partial charge on any atom is -0.435 e. The number of anilines is 1. The van der Waals surface area contributed by atoms with Crippen molar-refractivity contribution in [1.82, 2.24) is 9.97 Å². The zero-order chi connectivity index (χ0) is 14.7.